The zero-order chi connectivity index (χ0) is 21.6. The maximum Gasteiger partial charge on any atom is 0.398 e. The number of hydrogen-bond donors (Lipinski definition) is 1. The van der Waals surface area contributed by atoms with Crippen LogP contribution in [0.1, 0.15) is 66.0 Å². The number of hydrogen-bond acceptors (Lipinski definition) is 3. The second-order valence-electron chi connectivity index (χ2n) is 7.37. The molecule has 0 aliphatic heterocycles. The lowest BCUT2D eigenvalue weighted by Crippen LogP contribution is -2.32. The molecule has 0 bridgehead atoms. The minimum atomic E-state index is -4.46. The van der Waals surface area contributed by atoms with Crippen molar-refractivity contribution in [3.8, 4) is 0 Å². The van der Waals surface area contributed by atoms with Crippen LogP contribution in [0.15, 0.2) is 18.2 Å². The highest BCUT2D eigenvalue weighted by atomic mass is 35.5. The SMILES string of the molecule is CC.Cc1nn(C(=O)c2c(Cl)cccc2C2(C(F)(F)F)CC2)c2c1CCC(O)C2. The fourth-order valence-electron chi connectivity index (χ4n) is 4.02. The summed E-state index contributed by atoms with van der Waals surface area (Å²) in [4.78, 5) is 13.2. The molecule has 0 amide bonds. The van der Waals surface area contributed by atoms with Crippen LogP contribution in [0.5, 0.6) is 0 Å². The monoisotopic (exact) mass is 428 g/mol. The summed E-state index contributed by atoms with van der Waals surface area (Å²) < 4.78 is 42.2. The topological polar surface area (TPSA) is 55.1 Å². The van der Waals surface area contributed by atoms with Gasteiger partial charge in [-0.3, -0.25) is 4.79 Å². The first-order chi connectivity index (χ1) is 13.7. The van der Waals surface area contributed by atoms with Gasteiger partial charge in [0.25, 0.3) is 5.91 Å². The molecular weight excluding hydrogens is 405 g/mol. The van der Waals surface area contributed by atoms with E-state index in [1.165, 1.54) is 18.2 Å². The summed E-state index contributed by atoms with van der Waals surface area (Å²) in [6.45, 7) is 5.76. The standard InChI is InChI=1S/C19H18ClF3N2O2.C2H6/c1-10-12-6-5-11(26)9-15(12)25(24-10)17(27)16-13(3-2-4-14(16)20)18(7-8-18)19(21,22)23;1-2/h2-4,11,26H,5-9H2,1H3;1-2H3. The van der Waals surface area contributed by atoms with Crippen molar-refractivity contribution < 1.29 is 23.1 Å². The van der Waals surface area contributed by atoms with Crippen LogP contribution in [0.25, 0.3) is 0 Å². The van der Waals surface area contributed by atoms with Gasteiger partial charge in [0.1, 0.15) is 0 Å². The highest BCUT2D eigenvalue weighted by Gasteiger charge is 2.65. The predicted octanol–water partition coefficient (Wildman–Crippen LogP) is 5.00. The molecule has 2 aliphatic rings. The Hall–Kier alpha value is -1.86. The van der Waals surface area contributed by atoms with Crippen LogP contribution in [-0.4, -0.2) is 33.1 Å². The molecule has 158 valence electrons. The molecular formula is C21H24ClF3N2O2. The van der Waals surface area contributed by atoms with Gasteiger partial charge >= 0.3 is 6.18 Å². The number of rotatable bonds is 2. The van der Waals surface area contributed by atoms with Crippen molar-refractivity contribution >= 4 is 17.5 Å². The van der Waals surface area contributed by atoms with Gasteiger partial charge in [0, 0.05) is 6.42 Å². The van der Waals surface area contributed by atoms with Crippen LogP contribution in [0.3, 0.4) is 0 Å². The van der Waals surface area contributed by atoms with Gasteiger partial charge in [0.2, 0.25) is 0 Å². The van der Waals surface area contributed by atoms with Crippen LogP contribution >= 0.6 is 11.6 Å². The van der Waals surface area contributed by atoms with E-state index < -0.39 is 23.6 Å². The number of halogens is 4. The van der Waals surface area contributed by atoms with Gasteiger partial charge in [-0.15, -0.1) is 0 Å². The molecule has 1 unspecified atom stereocenters. The molecule has 29 heavy (non-hydrogen) atoms. The zero-order valence-corrected chi connectivity index (χ0v) is 17.4. The Morgan fingerprint density at radius 2 is 1.97 bits per heavy atom. The quantitative estimate of drug-likeness (QED) is 0.732. The Morgan fingerprint density at radius 1 is 1.31 bits per heavy atom. The van der Waals surface area contributed by atoms with E-state index in [2.05, 4.69) is 5.10 Å². The molecule has 1 N–H and O–H groups in total. The van der Waals surface area contributed by atoms with E-state index in [9.17, 15) is 23.1 Å². The smallest absolute Gasteiger partial charge is 0.393 e. The van der Waals surface area contributed by atoms with Gasteiger partial charge in [0.05, 0.1) is 33.5 Å². The lowest BCUT2D eigenvalue weighted by molar-refractivity contribution is -0.160. The van der Waals surface area contributed by atoms with Gasteiger partial charge < -0.3 is 5.11 Å². The van der Waals surface area contributed by atoms with Crippen LogP contribution in [0, 0.1) is 6.92 Å². The molecule has 1 heterocycles. The second kappa shape index (κ2) is 7.76. The van der Waals surface area contributed by atoms with Crippen LogP contribution in [0.2, 0.25) is 5.02 Å². The molecule has 1 aromatic carbocycles. The van der Waals surface area contributed by atoms with Gasteiger partial charge in [0.15, 0.2) is 0 Å². The third-order valence-corrected chi connectivity index (χ3v) is 5.99. The highest BCUT2D eigenvalue weighted by Crippen LogP contribution is 2.60. The average molecular weight is 429 g/mol. The van der Waals surface area contributed by atoms with E-state index in [-0.39, 0.29) is 35.4 Å². The molecule has 4 nitrogen and oxygen atoms in total. The summed E-state index contributed by atoms with van der Waals surface area (Å²) in [7, 11) is 0. The second-order valence-corrected chi connectivity index (χ2v) is 7.77. The molecule has 0 saturated heterocycles. The van der Waals surface area contributed by atoms with Crippen molar-refractivity contribution in [1.82, 2.24) is 9.78 Å². The van der Waals surface area contributed by atoms with E-state index in [0.29, 0.717) is 24.2 Å². The molecule has 0 spiro atoms. The van der Waals surface area contributed by atoms with Crippen molar-refractivity contribution in [2.24, 2.45) is 0 Å². The summed E-state index contributed by atoms with van der Waals surface area (Å²) in [6, 6.07) is 4.19. The number of nitrogens with zero attached hydrogens (tertiary/aromatic N) is 2. The Labute approximate surface area is 172 Å². The van der Waals surface area contributed by atoms with Gasteiger partial charge in [-0.25, -0.2) is 4.68 Å². The largest absolute Gasteiger partial charge is 0.398 e. The zero-order valence-electron chi connectivity index (χ0n) is 16.6. The number of carbonyl (C=O) groups excluding carboxylic acids is 1. The van der Waals surface area contributed by atoms with E-state index in [1.807, 2.05) is 13.8 Å². The number of carbonyl (C=O) groups is 1. The minimum Gasteiger partial charge on any atom is -0.393 e. The summed E-state index contributed by atoms with van der Waals surface area (Å²) in [5.74, 6) is -0.676. The van der Waals surface area contributed by atoms with Crippen LogP contribution in [-0.2, 0) is 18.3 Å². The molecule has 8 heteroatoms. The molecule has 2 aromatic rings. The van der Waals surface area contributed by atoms with E-state index in [0.717, 1.165) is 10.2 Å². The van der Waals surface area contributed by atoms with E-state index >= 15 is 0 Å². The Balaban J connectivity index is 0.00000117. The molecule has 1 atom stereocenters. The molecule has 1 aromatic heterocycles. The number of alkyl halides is 3. The first-order valence-corrected chi connectivity index (χ1v) is 10.2. The maximum absolute atomic E-state index is 13.7. The van der Waals surface area contributed by atoms with Crippen molar-refractivity contribution in [2.45, 2.75) is 70.6 Å². The van der Waals surface area contributed by atoms with Crippen molar-refractivity contribution in [1.29, 1.82) is 0 Å². The predicted molar refractivity (Wildman–Crippen MR) is 104 cm³/mol. The first-order valence-electron chi connectivity index (χ1n) is 9.81. The summed E-state index contributed by atoms with van der Waals surface area (Å²) in [5.41, 5.74) is -0.191. The van der Waals surface area contributed by atoms with Gasteiger partial charge in [-0.1, -0.05) is 37.6 Å². The van der Waals surface area contributed by atoms with Crippen LogP contribution in [0.4, 0.5) is 13.2 Å². The molecule has 1 fully saturated rings. The number of aliphatic hydroxyl groups excluding tert-OH is 1. The molecule has 4 rings (SSSR count). The minimum absolute atomic E-state index is 0.0220. The normalized spacial score (nSPS) is 19.8. The summed E-state index contributed by atoms with van der Waals surface area (Å²) in [6.07, 6.45) is -3.79. The number of aromatic nitrogens is 2. The van der Waals surface area contributed by atoms with Crippen molar-refractivity contribution in [3.63, 3.8) is 0 Å². The molecule has 0 radical (unpaired) electrons. The summed E-state index contributed by atoms with van der Waals surface area (Å²) >= 11 is 6.20. The van der Waals surface area contributed by atoms with E-state index in [4.69, 9.17) is 11.6 Å². The van der Waals surface area contributed by atoms with Gasteiger partial charge in [-0.2, -0.15) is 18.3 Å². The number of aliphatic hydroxyl groups is 1. The van der Waals surface area contributed by atoms with Gasteiger partial charge in [-0.05, 0) is 49.8 Å². The summed E-state index contributed by atoms with van der Waals surface area (Å²) in [5, 5.41) is 14.2. The fraction of sp³-hybridized carbons (Fsp3) is 0.524. The number of benzene rings is 1. The maximum atomic E-state index is 13.7. The van der Waals surface area contributed by atoms with E-state index in [1.54, 1.807) is 6.92 Å². The third kappa shape index (κ3) is 3.59. The fourth-order valence-corrected chi connectivity index (χ4v) is 4.28. The Bertz CT molecular complexity index is 933. The Morgan fingerprint density at radius 3 is 2.55 bits per heavy atom. The highest BCUT2D eigenvalue weighted by molar-refractivity contribution is 6.34. The lowest BCUT2D eigenvalue weighted by Gasteiger charge is -2.23. The number of aryl methyl sites for hydroxylation is 1. The molecule has 2 aliphatic carbocycles. The average Bonchev–Trinajstić information content (AvgIpc) is 3.43. The molecule has 1 saturated carbocycles. The lowest BCUT2D eigenvalue weighted by atomic mass is 9.89. The first kappa shape index (κ1) is 21.8. The van der Waals surface area contributed by atoms with Crippen LogP contribution < -0.4 is 0 Å². The number of fused-ring (bicyclic) bond motifs is 1. The van der Waals surface area contributed by atoms with Crippen molar-refractivity contribution in [2.75, 3.05) is 0 Å². The van der Waals surface area contributed by atoms with Crippen molar-refractivity contribution in [3.05, 3.63) is 51.3 Å². The Kier molecular flexibility index (Phi) is 5.84. The third-order valence-electron chi connectivity index (χ3n) is 5.68.